The van der Waals surface area contributed by atoms with Gasteiger partial charge in [0.05, 0.1) is 0 Å². The van der Waals surface area contributed by atoms with E-state index in [1.165, 1.54) is 12.8 Å². The molecule has 120 valence electrons. The van der Waals surface area contributed by atoms with Gasteiger partial charge in [0.15, 0.2) is 0 Å². The van der Waals surface area contributed by atoms with Crippen LogP contribution in [0.5, 0.6) is 0 Å². The average molecular weight is 309 g/mol. The molecule has 1 N–H and O–H groups in total. The Morgan fingerprint density at radius 1 is 1.30 bits per heavy atom. The van der Waals surface area contributed by atoms with Crippen molar-refractivity contribution in [1.82, 2.24) is 10.3 Å². The van der Waals surface area contributed by atoms with Crippen LogP contribution in [0.4, 0.5) is 5.69 Å². The number of anilines is 1. The lowest BCUT2D eigenvalue weighted by atomic mass is 10.00. The molecule has 0 aliphatic carbocycles. The van der Waals surface area contributed by atoms with E-state index in [9.17, 15) is 4.79 Å². The number of amides is 1. The number of carbonyl (C=O) groups is 1. The first-order valence-electron chi connectivity index (χ1n) is 8.25. The quantitative estimate of drug-likeness (QED) is 0.943. The third kappa shape index (κ3) is 4.09. The van der Waals surface area contributed by atoms with Gasteiger partial charge in [-0.2, -0.15) is 0 Å². The van der Waals surface area contributed by atoms with E-state index in [0.29, 0.717) is 18.2 Å². The predicted octanol–water partition coefficient (Wildman–Crippen LogP) is 3.25. The lowest BCUT2D eigenvalue weighted by Gasteiger charge is -2.32. The summed E-state index contributed by atoms with van der Waals surface area (Å²) in [6.45, 7) is 4.90. The highest BCUT2D eigenvalue weighted by Gasteiger charge is 2.18. The zero-order chi connectivity index (χ0) is 16.1. The fourth-order valence-corrected chi connectivity index (χ4v) is 3.03. The lowest BCUT2D eigenvalue weighted by molar-refractivity contribution is 0.0946. The van der Waals surface area contributed by atoms with Crippen molar-refractivity contribution in [2.45, 2.75) is 26.3 Å². The number of hydrogen-bond acceptors (Lipinski definition) is 3. The molecule has 4 heteroatoms. The average Bonchev–Trinajstić information content (AvgIpc) is 2.61. The van der Waals surface area contributed by atoms with Gasteiger partial charge in [-0.3, -0.25) is 9.78 Å². The van der Waals surface area contributed by atoms with Crippen molar-refractivity contribution < 1.29 is 4.79 Å². The molecule has 4 nitrogen and oxygen atoms in total. The molecule has 1 aromatic heterocycles. The molecule has 0 saturated carbocycles. The van der Waals surface area contributed by atoms with Crippen LogP contribution >= 0.6 is 0 Å². The molecule has 1 aliphatic rings. The topological polar surface area (TPSA) is 45.2 Å². The molecule has 1 aromatic carbocycles. The Hall–Kier alpha value is -2.36. The minimum Gasteiger partial charge on any atom is -0.371 e. The second-order valence-corrected chi connectivity index (χ2v) is 6.26. The summed E-state index contributed by atoms with van der Waals surface area (Å²) in [5, 5.41) is 2.93. The zero-order valence-electron chi connectivity index (χ0n) is 13.5. The molecule has 1 atom stereocenters. The van der Waals surface area contributed by atoms with Crippen LogP contribution in [0.15, 0.2) is 48.7 Å². The molecule has 0 spiro atoms. The standard InChI is InChI=1S/C19H23N3O/c1-15-6-5-11-22(14-15)17-9-10-20-18(12-17)19(23)21-13-16-7-3-2-4-8-16/h2-4,7-10,12,15H,5-6,11,13-14H2,1H3,(H,21,23). The summed E-state index contributed by atoms with van der Waals surface area (Å²) in [6.07, 6.45) is 4.22. The highest BCUT2D eigenvalue weighted by atomic mass is 16.1. The van der Waals surface area contributed by atoms with E-state index in [1.807, 2.05) is 42.5 Å². The van der Waals surface area contributed by atoms with Crippen molar-refractivity contribution in [3.05, 3.63) is 59.9 Å². The van der Waals surface area contributed by atoms with Crippen molar-refractivity contribution in [2.24, 2.45) is 5.92 Å². The number of nitrogens with zero attached hydrogens (tertiary/aromatic N) is 2. The fourth-order valence-electron chi connectivity index (χ4n) is 3.03. The number of aromatic nitrogens is 1. The molecule has 0 bridgehead atoms. The first-order valence-corrected chi connectivity index (χ1v) is 8.25. The Morgan fingerprint density at radius 3 is 2.91 bits per heavy atom. The van der Waals surface area contributed by atoms with Crippen molar-refractivity contribution in [3.63, 3.8) is 0 Å². The molecular formula is C19H23N3O. The van der Waals surface area contributed by atoms with Gasteiger partial charge in [-0.15, -0.1) is 0 Å². The number of rotatable bonds is 4. The maximum absolute atomic E-state index is 12.3. The Labute approximate surface area is 137 Å². The van der Waals surface area contributed by atoms with Gasteiger partial charge in [0.2, 0.25) is 0 Å². The molecular weight excluding hydrogens is 286 g/mol. The Kier molecular flexibility index (Phi) is 4.91. The van der Waals surface area contributed by atoms with E-state index < -0.39 is 0 Å². The minimum atomic E-state index is -0.124. The summed E-state index contributed by atoms with van der Waals surface area (Å²) < 4.78 is 0. The smallest absolute Gasteiger partial charge is 0.270 e. The van der Waals surface area contributed by atoms with Crippen LogP contribution in [-0.2, 0) is 6.54 Å². The summed E-state index contributed by atoms with van der Waals surface area (Å²) in [7, 11) is 0. The molecule has 2 heterocycles. The Balaban J connectivity index is 1.65. The second-order valence-electron chi connectivity index (χ2n) is 6.26. The normalized spacial score (nSPS) is 17.8. The molecule has 3 rings (SSSR count). The summed E-state index contributed by atoms with van der Waals surface area (Å²) in [5.41, 5.74) is 2.66. The van der Waals surface area contributed by atoms with Gasteiger partial charge in [-0.1, -0.05) is 37.3 Å². The largest absolute Gasteiger partial charge is 0.371 e. The number of hydrogen-bond donors (Lipinski definition) is 1. The van der Waals surface area contributed by atoms with Crippen LogP contribution in [0.1, 0.15) is 35.8 Å². The van der Waals surface area contributed by atoms with Crippen LogP contribution in [0.3, 0.4) is 0 Å². The number of nitrogens with one attached hydrogen (secondary N) is 1. The summed E-state index contributed by atoms with van der Waals surface area (Å²) in [6, 6.07) is 13.8. The van der Waals surface area contributed by atoms with E-state index in [1.54, 1.807) is 6.20 Å². The summed E-state index contributed by atoms with van der Waals surface area (Å²) in [4.78, 5) is 18.9. The van der Waals surface area contributed by atoms with E-state index >= 15 is 0 Å². The zero-order valence-corrected chi connectivity index (χ0v) is 13.5. The number of carbonyl (C=O) groups excluding carboxylic acids is 1. The first-order chi connectivity index (χ1) is 11.2. The van der Waals surface area contributed by atoms with E-state index in [4.69, 9.17) is 0 Å². The van der Waals surface area contributed by atoms with Gasteiger partial charge >= 0.3 is 0 Å². The number of pyridine rings is 1. The second kappa shape index (κ2) is 7.27. The van der Waals surface area contributed by atoms with Gasteiger partial charge in [-0.25, -0.2) is 0 Å². The molecule has 23 heavy (non-hydrogen) atoms. The van der Waals surface area contributed by atoms with E-state index in [-0.39, 0.29) is 5.91 Å². The van der Waals surface area contributed by atoms with Gasteiger partial charge < -0.3 is 10.2 Å². The summed E-state index contributed by atoms with van der Waals surface area (Å²) in [5.74, 6) is 0.577. The van der Waals surface area contributed by atoms with Crippen LogP contribution < -0.4 is 10.2 Å². The predicted molar refractivity (Wildman–Crippen MR) is 92.5 cm³/mol. The van der Waals surface area contributed by atoms with Gasteiger partial charge in [0.1, 0.15) is 5.69 Å². The molecule has 1 saturated heterocycles. The van der Waals surface area contributed by atoms with Crippen molar-refractivity contribution in [1.29, 1.82) is 0 Å². The van der Waals surface area contributed by atoms with Crippen LogP contribution in [-0.4, -0.2) is 24.0 Å². The highest BCUT2D eigenvalue weighted by Crippen LogP contribution is 2.22. The minimum absolute atomic E-state index is 0.124. The van der Waals surface area contributed by atoms with Gasteiger partial charge in [-0.05, 0) is 36.5 Å². The maximum atomic E-state index is 12.3. The van der Waals surface area contributed by atoms with E-state index in [2.05, 4.69) is 22.1 Å². The molecule has 2 aromatic rings. The van der Waals surface area contributed by atoms with Crippen molar-refractivity contribution in [2.75, 3.05) is 18.0 Å². The molecule has 1 fully saturated rings. The molecule has 1 amide bonds. The van der Waals surface area contributed by atoms with Crippen LogP contribution in [0.2, 0.25) is 0 Å². The SMILES string of the molecule is CC1CCCN(c2ccnc(C(=O)NCc3ccccc3)c2)C1. The van der Waals surface area contributed by atoms with Gasteiger partial charge in [0.25, 0.3) is 5.91 Å². The molecule has 1 unspecified atom stereocenters. The van der Waals surface area contributed by atoms with Gasteiger partial charge in [0, 0.05) is 31.5 Å². The molecule has 1 aliphatic heterocycles. The third-order valence-corrected chi connectivity index (χ3v) is 4.29. The Bertz CT molecular complexity index is 657. The third-order valence-electron chi connectivity index (χ3n) is 4.29. The number of benzene rings is 1. The fraction of sp³-hybridized carbons (Fsp3) is 0.368. The van der Waals surface area contributed by atoms with Crippen LogP contribution in [0, 0.1) is 5.92 Å². The monoisotopic (exact) mass is 309 g/mol. The first kappa shape index (κ1) is 15.5. The lowest BCUT2D eigenvalue weighted by Crippen LogP contribution is -2.34. The highest BCUT2D eigenvalue weighted by molar-refractivity contribution is 5.93. The molecule has 0 radical (unpaired) electrons. The number of piperidine rings is 1. The maximum Gasteiger partial charge on any atom is 0.270 e. The van der Waals surface area contributed by atoms with Crippen molar-refractivity contribution in [3.8, 4) is 0 Å². The van der Waals surface area contributed by atoms with E-state index in [0.717, 1.165) is 24.3 Å². The van der Waals surface area contributed by atoms with Crippen LogP contribution in [0.25, 0.3) is 0 Å². The Morgan fingerprint density at radius 2 is 2.13 bits per heavy atom. The summed E-state index contributed by atoms with van der Waals surface area (Å²) >= 11 is 0. The van der Waals surface area contributed by atoms with Crippen molar-refractivity contribution >= 4 is 11.6 Å².